The van der Waals surface area contributed by atoms with Crippen molar-refractivity contribution >= 4 is 10.9 Å². The van der Waals surface area contributed by atoms with Crippen molar-refractivity contribution in [3.63, 3.8) is 0 Å². The van der Waals surface area contributed by atoms with Crippen LogP contribution in [0.2, 0.25) is 0 Å². The molecule has 7 nitrogen and oxygen atoms in total. The van der Waals surface area contributed by atoms with Crippen LogP contribution in [0.15, 0.2) is 53.6 Å². The van der Waals surface area contributed by atoms with E-state index in [0.717, 1.165) is 80.2 Å². The quantitative estimate of drug-likeness (QED) is 0.246. The van der Waals surface area contributed by atoms with Gasteiger partial charge in [0.25, 0.3) is 0 Å². The molecule has 3 N–H and O–H groups in total. The van der Waals surface area contributed by atoms with Crippen LogP contribution in [0, 0.1) is 18.6 Å². The van der Waals surface area contributed by atoms with Gasteiger partial charge in [-0.2, -0.15) is 0 Å². The molecule has 1 aliphatic heterocycles. The molecule has 9 heteroatoms. The van der Waals surface area contributed by atoms with Crippen molar-refractivity contribution in [1.82, 2.24) is 19.4 Å². The zero-order valence-corrected chi connectivity index (χ0v) is 23.8. The summed E-state index contributed by atoms with van der Waals surface area (Å²) in [6.07, 6.45) is 7.71. The number of nitrogens with two attached hydrogens (primary N) is 1. The summed E-state index contributed by atoms with van der Waals surface area (Å²) in [5.41, 5.74) is 11.8. The van der Waals surface area contributed by atoms with Crippen LogP contribution in [0.25, 0.3) is 22.0 Å². The van der Waals surface area contributed by atoms with E-state index in [1.165, 1.54) is 11.6 Å². The first-order valence-corrected chi connectivity index (χ1v) is 14.4. The van der Waals surface area contributed by atoms with Crippen molar-refractivity contribution in [3.8, 4) is 11.1 Å². The highest BCUT2D eigenvalue weighted by Gasteiger charge is 2.28. The van der Waals surface area contributed by atoms with Gasteiger partial charge in [0.15, 0.2) is 0 Å². The van der Waals surface area contributed by atoms with Crippen molar-refractivity contribution < 1.29 is 13.5 Å². The summed E-state index contributed by atoms with van der Waals surface area (Å²) in [6, 6.07) is 10.7. The lowest BCUT2D eigenvalue weighted by Gasteiger charge is -2.34. The number of hydrogen-bond acceptors (Lipinski definition) is 5. The number of nitrogens with one attached hydrogen (secondary N) is 1. The van der Waals surface area contributed by atoms with E-state index < -0.39 is 11.6 Å². The van der Waals surface area contributed by atoms with Crippen molar-refractivity contribution in [2.45, 2.75) is 57.5 Å². The summed E-state index contributed by atoms with van der Waals surface area (Å²) in [4.78, 5) is 20.1. The number of likely N-dealkylation sites (tertiary alicyclic amines) is 1. The molecule has 0 saturated carbocycles. The molecule has 2 unspecified atom stereocenters. The van der Waals surface area contributed by atoms with Crippen LogP contribution in [0.4, 0.5) is 8.78 Å². The molecule has 0 aliphatic carbocycles. The molecule has 5 rings (SSSR count). The molecular weight excluding hydrogens is 524 g/mol. The molecule has 0 spiro atoms. The number of rotatable bonds is 11. The first kappa shape index (κ1) is 29.1. The van der Waals surface area contributed by atoms with E-state index in [2.05, 4.69) is 31.6 Å². The molecule has 2 aromatic carbocycles. The second-order valence-electron chi connectivity index (χ2n) is 11.2. The summed E-state index contributed by atoms with van der Waals surface area (Å²) < 4.78 is 36.5. The molecule has 1 aliphatic rings. The molecule has 0 radical (unpaired) electrons. The van der Waals surface area contributed by atoms with Crippen LogP contribution < -0.4 is 11.4 Å². The number of halogens is 2. The molecular formula is C32H39F2N5O2. The molecule has 218 valence electrons. The van der Waals surface area contributed by atoms with Crippen LogP contribution in [0.1, 0.15) is 48.4 Å². The number of methoxy groups -OCH3 is 1. The maximum atomic E-state index is 15.0. The van der Waals surface area contributed by atoms with E-state index in [1.807, 2.05) is 19.1 Å². The summed E-state index contributed by atoms with van der Waals surface area (Å²) in [5.74, 6) is -0.804. The number of hydrogen-bond donors (Lipinski definition) is 2. The minimum atomic E-state index is -0.541. The number of nitrogens with zero attached hydrogens (tertiary/aromatic N) is 3. The zero-order valence-electron chi connectivity index (χ0n) is 23.8. The van der Waals surface area contributed by atoms with Gasteiger partial charge >= 0.3 is 5.69 Å². The van der Waals surface area contributed by atoms with Gasteiger partial charge in [-0.3, -0.25) is 0 Å². The van der Waals surface area contributed by atoms with E-state index in [0.29, 0.717) is 24.1 Å². The van der Waals surface area contributed by atoms with Gasteiger partial charge in [0.05, 0.1) is 5.52 Å². The number of aryl methyl sites for hydroxylation is 2. The van der Waals surface area contributed by atoms with E-state index in [9.17, 15) is 9.18 Å². The maximum absolute atomic E-state index is 15.0. The lowest BCUT2D eigenvalue weighted by molar-refractivity contribution is 0.186. The van der Waals surface area contributed by atoms with Crippen LogP contribution in [0.3, 0.4) is 0 Å². The van der Waals surface area contributed by atoms with E-state index in [1.54, 1.807) is 19.5 Å². The Kier molecular flexibility index (Phi) is 9.27. The van der Waals surface area contributed by atoms with Crippen LogP contribution in [0.5, 0.6) is 0 Å². The predicted molar refractivity (Wildman–Crippen MR) is 158 cm³/mol. The largest absolute Gasteiger partial charge is 0.385 e. The first-order chi connectivity index (χ1) is 19.8. The van der Waals surface area contributed by atoms with Gasteiger partial charge in [0, 0.05) is 73.9 Å². The van der Waals surface area contributed by atoms with Crippen molar-refractivity contribution in [3.05, 3.63) is 87.7 Å². The van der Waals surface area contributed by atoms with E-state index in [4.69, 9.17) is 10.5 Å². The summed E-state index contributed by atoms with van der Waals surface area (Å²) in [7, 11) is 1.67. The van der Waals surface area contributed by atoms with Gasteiger partial charge in [0.1, 0.15) is 11.6 Å². The summed E-state index contributed by atoms with van der Waals surface area (Å²) in [6.45, 7) is 6.00. The van der Waals surface area contributed by atoms with Gasteiger partial charge < -0.3 is 24.9 Å². The zero-order chi connectivity index (χ0) is 28.9. The number of aromatic nitrogens is 3. The number of benzene rings is 2. The smallest absolute Gasteiger partial charge is 0.344 e. The average Bonchev–Trinajstić information content (AvgIpc) is 3.24. The fraction of sp³-hybridized carbons (Fsp3) is 0.438. The summed E-state index contributed by atoms with van der Waals surface area (Å²) >= 11 is 0. The molecule has 2 aromatic heterocycles. The Balaban J connectivity index is 1.23. The Bertz CT molecular complexity index is 1510. The molecule has 4 aromatic rings. The minimum Gasteiger partial charge on any atom is -0.385 e. The summed E-state index contributed by atoms with van der Waals surface area (Å²) in [5, 5.41) is 0.664. The van der Waals surface area contributed by atoms with Crippen LogP contribution in [-0.4, -0.2) is 58.8 Å². The first-order valence-electron chi connectivity index (χ1n) is 14.4. The SMILES string of the molecule is COCCCn1c(C2CCCN(CCC(N)Cc3ccc(-c4cnc(=O)[nH]c4)cc3)C2)c(C)c2cc(F)cc(F)c21. The number of H-pyrrole nitrogens is 1. The van der Waals surface area contributed by atoms with Crippen molar-refractivity contribution in [2.75, 3.05) is 33.4 Å². The Hall–Kier alpha value is -3.40. The Labute approximate surface area is 239 Å². The number of aromatic amines is 1. The molecule has 0 bridgehead atoms. The number of piperidine rings is 1. The minimum absolute atomic E-state index is 0.0234. The van der Waals surface area contributed by atoms with Gasteiger partial charge in [-0.15, -0.1) is 0 Å². The third-order valence-electron chi connectivity index (χ3n) is 8.27. The van der Waals surface area contributed by atoms with E-state index in [-0.39, 0.29) is 17.6 Å². The topological polar surface area (TPSA) is 89.2 Å². The average molecular weight is 564 g/mol. The Morgan fingerprint density at radius 1 is 1.17 bits per heavy atom. The highest BCUT2D eigenvalue weighted by atomic mass is 19.1. The molecule has 0 amide bonds. The molecule has 1 saturated heterocycles. The molecule has 1 fully saturated rings. The lowest BCUT2D eigenvalue weighted by atomic mass is 9.91. The fourth-order valence-corrected chi connectivity index (χ4v) is 6.28. The predicted octanol–water partition coefficient (Wildman–Crippen LogP) is 5.15. The highest BCUT2D eigenvalue weighted by molar-refractivity contribution is 5.86. The fourth-order valence-electron chi connectivity index (χ4n) is 6.28. The van der Waals surface area contributed by atoms with Gasteiger partial charge in [-0.25, -0.2) is 18.6 Å². The highest BCUT2D eigenvalue weighted by Crippen LogP contribution is 2.37. The lowest BCUT2D eigenvalue weighted by Crippen LogP contribution is -2.38. The second kappa shape index (κ2) is 13.1. The van der Waals surface area contributed by atoms with Crippen molar-refractivity contribution in [1.29, 1.82) is 0 Å². The van der Waals surface area contributed by atoms with Crippen molar-refractivity contribution in [2.24, 2.45) is 5.73 Å². The molecule has 3 heterocycles. The monoisotopic (exact) mass is 563 g/mol. The van der Waals surface area contributed by atoms with Gasteiger partial charge in [-0.1, -0.05) is 24.3 Å². The van der Waals surface area contributed by atoms with Gasteiger partial charge in [-0.05, 0) is 74.9 Å². The number of ether oxygens (including phenoxy) is 1. The van der Waals surface area contributed by atoms with Gasteiger partial charge in [0.2, 0.25) is 0 Å². The molecule has 41 heavy (non-hydrogen) atoms. The normalized spacial score (nSPS) is 16.9. The third kappa shape index (κ3) is 6.74. The second-order valence-corrected chi connectivity index (χ2v) is 11.2. The maximum Gasteiger partial charge on any atom is 0.344 e. The Morgan fingerprint density at radius 3 is 2.71 bits per heavy atom. The van der Waals surface area contributed by atoms with Crippen LogP contribution in [-0.2, 0) is 17.7 Å². The Morgan fingerprint density at radius 2 is 1.98 bits per heavy atom. The molecule has 2 atom stereocenters. The number of fused-ring (bicyclic) bond motifs is 1. The third-order valence-corrected chi connectivity index (χ3v) is 8.27. The van der Waals surface area contributed by atoms with E-state index >= 15 is 4.39 Å². The standard InChI is InChI=1S/C32H39F2N5O2/c1-21-28-16-26(33)17-29(34)31(28)39(12-4-14-41-2)30(21)24-5-3-11-38(20-24)13-10-27(35)15-22-6-8-23(9-7-22)25-18-36-32(40)37-19-25/h6-9,16-19,24,27H,3-5,10-15,20,35H2,1-2H3,(H,36,37,40). The van der Waals surface area contributed by atoms with Crippen LogP contribution >= 0.6 is 0 Å².